The van der Waals surface area contributed by atoms with E-state index in [9.17, 15) is 28.6 Å². The summed E-state index contributed by atoms with van der Waals surface area (Å²) in [6.07, 6.45) is 0. The Morgan fingerprint density at radius 3 is 1.44 bits per heavy atom. The van der Waals surface area contributed by atoms with E-state index in [2.05, 4.69) is 0 Å². The zero-order chi connectivity index (χ0) is 18.8. The molecule has 0 N–H and O–H groups in total. The number of nitro benzene ring substituents is 2. The van der Waals surface area contributed by atoms with Crippen LogP contribution < -0.4 is 8.37 Å². The highest BCUT2D eigenvalue weighted by atomic mass is 32.3. The summed E-state index contributed by atoms with van der Waals surface area (Å²) in [7, 11) is -4.53. The minimum atomic E-state index is -4.53. The van der Waals surface area contributed by atoms with E-state index in [1.807, 2.05) is 0 Å². The Kier molecular flexibility index (Phi) is 4.88. The van der Waals surface area contributed by atoms with Crippen LogP contribution in [0.15, 0.2) is 36.4 Å². The Bertz CT molecular complexity index is 884. The Hall–Kier alpha value is -3.21. The van der Waals surface area contributed by atoms with Crippen molar-refractivity contribution >= 4 is 21.8 Å². The molecule has 10 nitrogen and oxygen atoms in total. The molecule has 2 aromatic carbocycles. The second-order valence-electron chi connectivity index (χ2n) is 4.99. The average Bonchev–Trinajstić information content (AvgIpc) is 2.45. The van der Waals surface area contributed by atoms with Gasteiger partial charge in [-0.3, -0.25) is 20.2 Å². The van der Waals surface area contributed by atoms with Crippen molar-refractivity contribution in [2.24, 2.45) is 0 Å². The van der Waals surface area contributed by atoms with Crippen LogP contribution in [0.1, 0.15) is 11.1 Å². The molecule has 25 heavy (non-hydrogen) atoms. The Labute approximate surface area is 142 Å². The van der Waals surface area contributed by atoms with Crippen LogP contribution in [0.25, 0.3) is 0 Å². The molecule has 0 spiro atoms. The summed E-state index contributed by atoms with van der Waals surface area (Å²) in [6.45, 7) is 2.86. The van der Waals surface area contributed by atoms with Crippen molar-refractivity contribution in [3.05, 3.63) is 67.8 Å². The highest BCUT2D eigenvalue weighted by Gasteiger charge is 2.20. The number of rotatable bonds is 6. The zero-order valence-corrected chi connectivity index (χ0v) is 13.8. The lowest BCUT2D eigenvalue weighted by Gasteiger charge is -2.09. The molecule has 132 valence electrons. The van der Waals surface area contributed by atoms with Crippen LogP contribution in [-0.2, 0) is 10.4 Å². The first-order valence-corrected chi connectivity index (χ1v) is 8.06. The standard InChI is InChI=1S/C14H12N2O8S/c1-9-7-11(3-5-13(9)15(17)18)23-25(21,22)24-12-4-6-14(16(19)20)10(2)8-12/h3-8H,1-2H3. The van der Waals surface area contributed by atoms with Crippen molar-refractivity contribution in [3.8, 4) is 11.5 Å². The van der Waals surface area contributed by atoms with Crippen LogP contribution in [0.2, 0.25) is 0 Å². The first-order valence-electron chi connectivity index (χ1n) is 6.73. The molecule has 0 radical (unpaired) electrons. The predicted octanol–water partition coefficient (Wildman–Crippen LogP) is 2.82. The fraction of sp³-hybridized carbons (Fsp3) is 0.143. The van der Waals surface area contributed by atoms with Crippen molar-refractivity contribution in [2.75, 3.05) is 0 Å². The molecule has 0 saturated carbocycles. The number of nitro groups is 2. The van der Waals surface area contributed by atoms with E-state index in [1.165, 1.54) is 26.0 Å². The van der Waals surface area contributed by atoms with E-state index in [4.69, 9.17) is 8.37 Å². The molecule has 0 atom stereocenters. The molecule has 0 aliphatic heterocycles. The smallest absolute Gasteiger partial charge is 0.353 e. The monoisotopic (exact) mass is 368 g/mol. The fourth-order valence-electron chi connectivity index (χ4n) is 2.02. The van der Waals surface area contributed by atoms with E-state index >= 15 is 0 Å². The van der Waals surface area contributed by atoms with Crippen LogP contribution in [0, 0.1) is 34.1 Å². The van der Waals surface area contributed by atoms with Crippen LogP contribution in [0.3, 0.4) is 0 Å². The van der Waals surface area contributed by atoms with Gasteiger partial charge >= 0.3 is 10.4 Å². The summed E-state index contributed by atoms with van der Waals surface area (Å²) in [5.41, 5.74) is 0.0566. The SMILES string of the molecule is Cc1cc(OS(=O)(=O)Oc2ccc([N+](=O)[O-])c(C)c2)ccc1[N+](=O)[O-]. The molecule has 0 aliphatic carbocycles. The summed E-state index contributed by atoms with van der Waals surface area (Å²) in [5, 5.41) is 21.5. The van der Waals surface area contributed by atoms with Crippen molar-refractivity contribution in [3.63, 3.8) is 0 Å². The maximum Gasteiger partial charge on any atom is 0.500 e. The predicted molar refractivity (Wildman–Crippen MR) is 85.8 cm³/mol. The van der Waals surface area contributed by atoms with Crippen molar-refractivity contribution in [1.29, 1.82) is 0 Å². The van der Waals surface area contributed by atoms with E-state index < -0.39 is 20.2 Å². The Balaban J connectivity index is 2.20. The molecule has 0 aliphatic rings. The Morgan fingerprint density at radius 2 is 1.16 bits per heavy atom. The van der Waals surface area contributed by atoms with Gasteiger partial charge in [-0.2, -0.15) is 0 Å². The molecular formula is C14H12N2O8S. The normalized spacial score (nSPS) is 11.0. The molecule has 0 heterocycles. The largest absolute Gasteiger partial charge is 0.500 e. The minimum absolute atomic E-state index is 0.165. The van der Waals surface area contributed by atoms with Crippen LogP contribution >= 0.6 is 0 Å². The molecule has 0 bridgehead atoms. The molecule has 0 unspecified atom stereocenters. The second-order valence-corrected chi connectivity index (χ2v) is 6.14. The van der Waals surface area contributed by atoms with Gasteiger partial charge in [0.05, 0.1) is 9.85 Å². The third-order valence-corrected chi connectivity index (χ3v) is 3.92. The quantitative estimate of drug-likeness (QED) is 0.560. The fourth-order valence-corrected chi connectivity index (χ4v) is 2.73. The number of aryl methyl sites for hydroxylation is 2. The van der Waals surface area contributed by atoms with Crippen molar-refractivity contribution in [2.45, 2.75) is 13.8 Å². The van der Waals surface area contributed by atoms with Crippen LogP contribution in [-0.4, -0.2) is 18.3 Å². The third-order valence-electron chi connectivity index (χ3n) is 3.13. The maximum absolute atomic E-state index is 11.9. The summed E-state index contributed by atoms with van der Waals surface area (Å²) in [4.78, 5) is 20.3. The lowest BCUT2D eigenvalue weighted by molar-refractivity contribution is -0.385. The van der Waals surface area contributed by atoms with Crippen LogP contribution in [0.4, 0.5) is 11.4 Å². The second kappa shape index (κ2) is 6.73. The van der Waals surface area contributed by atoms with Gasteiger partial charge in [0, 0.05) is 23.3 Å². The number of nitrogens with zero attached hydrogens (tertiary/aromatic N) is 2. The van der Waals surface area contributed by atoms with Crippen molar-refractivity contribution in [1.82, 2.24) is 0 Å². The van der Waals surface area contributed by atoms with Gasteiger partial charge in [0.15, 0.2) is 0 Å². The molecule has 0 saturated heterocycles. The maximum atomic E-state index is 11.9. The number of hydrogen-bond donors (Lipinski definition) is 0. The van der Waals surface area contributed by atoms with Crippen molar-refractivity contribution < 1.29 is 26.6 Å². The minimum Gasteiger partial charge on any atom is -0.353 e. The lowest BCUT2D eigenvalue weighted by atomic mass is 10.2. The summed E-state index contributed by atoms with van der Waals surface area (Å²) >= 11 is 0. The molecule has 0 fully saturated rings. The summed E-state index contributed by atoms with van der Waals surface area (Å²) in [6, 6.07) is 6.81. The highest BCUT2D eigenvalue weighted by molar-refractivity contribution is 7.82. The highest BCUT2D eigenvalue weighted by Crippen LogP contribution is 2.27. The number of benzene rings is 2. The van der Waals surface area contributed by atoms with Gasteiger partial charge < -0.3 is 8.37 Å². The molecule has 2 rings (SSSR count). The van der Waals surface area contributed by atoms with Gasteiger partial charge in [-0.05, 0) is 38.1 Å². The van der Waals surface area contributed by atoms with Gasteiger partial charge in [-0.15, -0.1) is 8.42 Å². The molecule has 0 amide bonds. The van der Waals surface area contributed by atoms with Gasteiger partial charge in [-0.1, -0.05) is 0 Å². The first-order chi connectivity index (χ1) is 11.6. The summed E-state index contributed by atoms with van der Waals surface area (Å²) in [5.74, 6) is -0.330. The van der Waals surface area contributed by atoms with E-state index in [-0.39, 0.29) is 34.0 Å². The van der Waals surface area contributed by atoms with Crippen LogP contribution in [0.5, 0.6) is 11.5 Å². The lowest BCUT2D eigenvalue weighted by Crippen LogP contribution is -2.16. The molecular weight excluding hydrogens is 356 g/mol. The topological polar surface area (TPSA) is 139 Å². The molecule has 0 aromatic heterocycles. The molecule has 11 heteroatoms. The Morgan fingerprint density at radius 1 is 0.800 bits per heavy atom. The number of hydrogen-bond acceptors (Lipinski definition) is 8. The van der Waals surface area contributed by atoms with E-state index in [1.54, 1.807) is 0 Å². The summed E-state index contributed by atoms with van der Waals surface area (Å²) < 4.78 is 33.3. The average molecular weight is 368 g/mol. The van der Waals surface area contributed by atoms with Gasteiger partial charge in [0.2, 0.25) is 0 Å². The van der Waals surface area contributed by atoms with Gasteiger partial charge in [0.25, 0.3) is 11.4 Å². The van der Waals surface area contributed by atoms with E-state index in [0.717, 1.165) is 24.3 Å². The zero-order valence-electron chi connectivity index (χ0n) is 13.0. The van der Waals surface area contributed by atoms with Gasteiger partial charge in [-0.25, -0.2) is 0 Å². The molecule has 2 aromatic rings. The third kappa shape index (κ3) is 4.41. The first kappa shape index (κ1) is 18.1. The van der Waals surface area contributed by atoms with Gasteiger partial charge in [0.1, 0.15) is 11.5 Å². The van der Waals surface area contributed by atoms with E-state index in [0.29, 0.717) is 0 Å².